The SMILES string of the molecule is N#Cc1c(N)sc(I)c1Cl. The lowest BCUT2D eigenvalue weighted by atomic mass is 10.3. The molecule has 1 aromatic rings. The van der Waals surface area contributed by atoms with Crippen LogP contribution < -0.4 is 5.73 Å². The monoisotopic (exact) mass is 284 g/mol. The zero-order chi connectivity index (χ0) is 7.72. The number of nitriles is 1. The molecule has 0 aromatic carbocycles. The fraction of sp³-hybridized carbons (Fsp3) is 0. The fourth-order valence-corrected chi connectivity index (χ4v) is 2.43. The standard InChI is InChI=1S/C5H2ClIN2S/c6-3-2(1-8)5(9)10-4(3)7/h9H2. The van der Waals surface area contributed by atoms with Crippen molar-refractivity contribution in [3.63, 3.8) is 0 Å². The van der Waals surface area contributed by atoms with E-state index >= 15 is 0 Å². The van der Waals surface area contributed by atoms with Crippen LogP contribution in [0.4, 0.5) is 5.00 Å². The van der Waals surface area contributed by atoms with Crippen molar-refractivity contribution in [3.05, 3.63) is 13.5 Å². The van der Waals surface area contributed by atoms with E-state index in [0.29, 0.717) is 15.6 Å². The van der Waals surface area contributed by atoms with Crippen molar-refractivity contribution in [2.24, 2.45) is 0 Å². The van der Waals surface area contributed by atoms with Gasteiger partial charge in [0.15, 0.2) is 0 Å². The zero-order valence-corrected chi connectivity index (χ0v) is 8.42. The second kappa shape index (κ2) is 2.95. The van der Waals surface area contributed by atoms with Crippen molar-refractivity contribution >= 4 is 50.5 Å². The first kappa shape index (κ1) is 8.11. The molecule has 2 N–H and O–H groups in total. The Morgan fingerprint density at radius 2 is 2.30 bits per heavy atom. The van der Waals surface area contributed by atoms with Crippen LogP contribution in [0.2, 0.25) is 5.02 Å². The van der Waals surface area contributed by atoms with Crippen LogP contribution >= 0.6 is 45.5 Å². The highest BCUT2D eigenvalue weighted by Gasteiger charge is 2.11. The largest absolute Gasteiger partial charge is 0.389 e. The third-order valence-electron chi connectivity index (χ3n) is 0.950. The summed E-state index contributed by atoms with van der Waals surface area (Å²) >= 11 is 9.09. The molecular formula is C5H2ClIN2S. The highest BCUT2D eigenvalue weighted by atomic mass is 127. The molecule has 10 heavy (non-hydrogen) atoms. The van der Waals surface area contributed by atoms with E-state index in [4.69, 9.17) is 22.6 Å². The molecular weight excluding hydrogens is 282 g/mol. The molecule has 0 saturated carbocycles. The van der Waals surface area contributed by atoms with Crippen LogP contribution in [0, 0.1) is 14.2 Å². The molecule has 0 spiro atoms. The number of rotatable bonds is 0. The summed E-state index contributed by atoms with van der Waals surface area (Å²) in [4.78, 5) is 0. The summed E-state index contributed by atoms with van der Waals surface area (Å²) in [6, 6.07) is 1.93. The summed E-state index contributed by atoms with van der Waals surface area (Å²) < 4.78 is 0.869. The Balaban J connectivity index is 3.37. The first-order chi connectivity index (χ1) is 4.66. The van der Waals surface area contributed by atoms with E-state index in [-0.39, 0.29) is 0 Å². The van der Waals surface area contributed by atoms with Gasteiger partial charge >= 0.3 is 0 Å². The Bertz CT molecular complexity index is 301. The molecule has 0 aliphatic carbocycles. The van der Waals surface area contributed by atoms with E-state index in [1.807, 2.05) is 28.7 Å². The molecule has 0 amide bonds. The Hall–Kier alpha value is 0.01000. The van der Waals surface area contributed by atoms with Crippen molar-refractivity contribution < 1.29 is 0 Å². The molecule has 0 aliphatic rings. The van der Waals surface area contributed by atoms with Crippen molar-refractivity contribution in [2.75, 3.05) is 5.73 Å². The first-order valence-corrected chi connectivity index (χ1v) is 4.57. The van der Waals surface area contributed by atoms with Crippen molar-refractivity contribution in [1.82, 2.24) is 0 Å². The van der Waals surface area contributed by atoms with Gasteiger partial charge in [-0.1, -0.05) is 11.6 Å². The fourth-order valence-electron chi connectivity index (χ4n) is 0.503. The van der Waals surface area contributed by atoms with Gasteiger partial charge in [0.2, 0.25) is 0 Å². The van der Waals surface area contributed by atoms with Crippen LogP contribution in [0.15, 0.2) is 0 Å². The van der Waals surface area contributed by atoms with E-state index < -0.39 is 0 Å². The van der Waals surface area contributed by atoms with Crippen LogP contribution in [0.5, 0.6) is 0 Å². The van der Waals surface area contributed by atoms with Crippen molar-refractivity contribution in [2.45, 2.75) is 0 Å². The van der Waals surface area contributed by atoms with E-state index in [9.17, 15) is 0 Å². The average Bonchev–Trinajstić information content (AvgIpc) is 2.09. The predicted molar refractivity (Wildman–Crippen MR) is 51.2 cm³/mol. The minimum absolute atomic E-state index is 0.399. The number of nitrogens with zero attached hydrogens (tertiary/aromatic N) is 1. The van der Waals surface area contributed by atoms with Gasteiger partial charge in [-0.05, 0) is 22.6 Å². The molecule has 2 nitrogen and oxygen atoms in total. The smallest absolute Gasteiger partial charge is 0.106 e. The predicted octanol–water partition coefficient (Wildman–Crippen LogP) is 2.46. The number of hydrogen-bond donors (Lipinski definition) is 1. The van der Waals surface area contributed by atoms with E-state index in [2.05, 4.69) is 0 Å². The molecule has 1 heterocycles. The van der Waals surface area contributed by atoms with Crippen LogP contribution in [0.3, 0.4) is 0 Å². The Kier molecular flexibility index (Phi) is 2.39. The summed E-state index contributed by atoms with van der Waals surface area (Å²) in [7, 11) is 0. The minimum atomic E-state index is 0.399. The molecule has 0 aliphatic heterocycles. The number of thiophene rings is 1. The molecule has 0 saturated heterocycles. The maximum absolute atomic E-state index is 8.50. The summed E-state index contributed by atoms with van der Waals surface area (Å²) in [5.41, 5.74) is 5.86. The van der Waals surface area contributed by atoms with Gasteiger partial charge in [-0.15, -0.1) is 11.3 Å². The topological polar surface area (TPSA) is 49.8 Å². The van der Waals surface area contributed by atoms with Crippen molar-refractivity contribution in [1.29, 1.82) is 5.26 Å². The average molecular weight is 285 g/mol. The maximum atomic E-state index is 8.50. The third-order valence-corrected chi connectivity index (χ3v) is 3.77. The molecule has 0 unspecified atom stereocenters. The van der Waals surface area contributed by atoms with Gasteiger partial charge < -0.3 is 5.73 Å². The first-order valence-electron chi connectivity index (χ1n) is 2.30. The maximum Gasteiger partial charge on any atom is 0.106 e. The molecule has 0 radical (unpaired) electrons. The second-order valence-corrected chi connectivity index (χ2v) is 4.78. The van der Waals surface area contributed by atoms with Crippen molar-refractivity contribution in [3.8, 4) is 6.07 Å². The normalized spacial score (nSPS) is 9.30. The van der Waals surface area contributed by atoms with Gasteiger partial charge in [-0.2, -0.15) is 5.26 Å². The quantitative estimate of drug-likeness (QED) is 0.744. The summed E-state index contributed by atoms with van der Waals surface area (Å²) in [6.07, 6.45) is 0. The molecule has 52 valence electrons. The van der Waals surface area contributed by atoms with Crippen LogP contribution in [-0.4, -0.2) is 0 Å². The van der Waals surface area contributed by atoms with Gasteiger partial charge in [0.1, 0.15) is 16.6 Å². The van der Waals surface area contributed by atoms with Gasteiger partial charge in [0, 0.05) is 0 Å². The van der Waals surface area contributed by atoms with Crippen LogP contribution in [0.1, 0.15) is 5.56 Å². The number of anilines is 1. The van der Waals surface area contributed by atoms with Crippen LogP contribution in [0.25, 0.3) is 0 Å². The van der Waals surface area contributed by atoms with Crippen LogP contribution in [-0.2, 0) is 0 Å². The molecule has 1 aromatic heterocycles. The lowest BCUT2D eigenvalue weighted by Gasteiger charge is -1.82. The lowest BCUT2D eigenvalue weighted by molar-refractivity contribution is 1.51. The van der Waals surface area contributed by atoms with Gasteiger partial charge in [-0.25, -0.2) is 0 Å². The van der Waals surface area contributed by atoms with E-state index in [1.165, 1.54) is 11.3 Å². The van der Waals surface area contributed by atoms with E-state index in [1.54, 1.807) is 0 Å². The molecule has 0 bridgehead atoms. The third kappa shape index (κ3) is 1.21. The lowest BCUT2D eigenvalue weighted by Crippen LogP contribution is -1.81. The molecule has 0 fully saturated rings. The summed E-state index contributed by atoms with van der Waals surface area (Å²) in [5.74, 6) is 0. The van der Waals surface area contributed by atoms with Gasteiger partial charge in [0.25, 0.3) is 0 Å². The second-order valence-electron chi connectivity index (χ2n) is 1.54. The number of nitrogens with two attached hydrogens (primary N) is 1. The number of halogens is 2. The zero-order valence-electron chi connectivity index (χ0n) is 4.69. The highest BCUT2D eigenvalue weighted by Crippen LogP contribution is 2.34. The summed E-state index contributed by atoms with van der Waals surface area (Å²) in [5, 5.41) is 9.48. The molecule has 5 heteroatoms. The Morgan fingerprint density at radius 1 is 1.70 bits per heavy atom. The molecule has 0 atom stereocenters. The Labute approximate surface area is 80.7 Å². The number of nitrogen functional groups attached to an aromatic ring is 1. The van der Waals surface area contributed by atoms with E-state index in [0.717, 1.165) is 2.88 Å². The van der Waals surface area contributed by atoms with Gasteiger partial charge in [-0.3, -0.25) is 0 Å². The Morgan fingerprint density at radius 3 is 2.50 bits per heavy atom. The minimum Gasteiger partial charge on any atom is -0.389 e. The molecule has 1 rings (SSSR count). The summed E-state index contributed by atoms with van der Waals surface area (Å²) in [6.45, 7) is 0. The highest BCUT2D eigenvalue weighted by molar-refractivity contribution is 14.1. The van der Waals surface area contributed by atoms with Gasteiger partial charge in [0.05, 0.1) is 7.91 Å². The number of hydrogen-bond acceptors (Lipinski definition) is 3.